The normalized spacial score (nSPS) is 15.9. The van der Waals surface area contributed by atoms with Crippen LogP contribution in [0.15, 0.2) is 49.1 Å². The Bertz CT molecular complexity index is 867. The van der Waals surface area contributed by atoms with Gasteiger partial charge in [0.25, 0.3) is 0 Å². The molecule has 3 heterocycles. The summed E-state index contributed by atoms with van der Waals surface area (Å²) >= 11 is 0. The van der Waals surface area contributed by atoms with Gasteiger partial charge in [0.2, 0.25) is 0 Å². The largest absolute Gasteiger partial charge is 0.366 e. The van der Waals surface area contributed by atoms with E-state index in [1.807, 2.05) is 12.3 Å². The summed E-state index contributed by atoms with van der Waals surface area (Å²) < 4.78 is 0. The number of piperazine rings is 1. The van der Waals surface area contributed by atoms with E-state index in [1.54, 1.807) is 12.5 Å². The van der Waals surface area contributed by atoms with E-state index in [4.69, 9.17) is 0 Å². The molecule has 0 amide bonds. The zero-order valence-electron chi connectivity index (χ0n) is 15.4. The summed E-state index contributed by atoms with van der Waals surface area (Å²) in [5, 5.41) is 8.02. The zero-order chi connectivity index (χ0) is 17.8. The van der Waals surface area contributed by atoms with E-state index < -0.39 is 0 Å². The van der Waals surface area contributed by atoms with Gasteiger partial charge in [-0.1, -0.05) is 18.2 Å². The third kappa shape index (κ3) is 4.53. The van der Waals surface area contributed by atoms with Crippen LogP contribution in [-0.2, 0) is 0 Å². The molecule has 27 heavy (non-hydrogen) atoms. The van der Waals surface area contributed by atoms with Crippen LogP contribution in [0.3, 0.4) is 0 Å². The first kappa shape index (κ1) is 19.5. The van der Waals surface area contributed by atoms with Crippen LogP contribution in [0.5, 0.6) is 0 Å². The van der Waals surface area contributed by atoms with Gasteiger partial charge in [-0.15, -0.1) is 12.4 Å². The Labute approximate surface area is 165 Å². The van der Waals surface area contributed by atoms with Crippen LogP contribution in [-0.4, -0.2) is 58.6 Å². The zero-order valence-corrected chi connectivity index (χ0v) is 16.2. The highest BCUT2D eigenvalue weighted by molar-refractivity contribution is 5.98. The maximum absolute atomic E-state index is 4.54. The van der Waals surface area contributed by atoms with Crippen molar-refractivity contribution >= 4 is 29.1 Å². The molecular formula is C20H25ClN6. The number of aromatic nitrogens is 3. The third-order valence-corrected chi connectivity index (χ3v) is 4.76. The van der Waals surface area contributed by atoms with Crippen molar-refractivity contribution < 1.29 is 0 Å². The maximum Gasteiger partial charge on any atom is 0.137 e. The first-order valence-corrected chi connectivity index (χ1v) is 9.15. The third-order valence-electron chi connectivity index (χ3n) is 4.76. The Balaban J connectivity index is 0.00000210. The van der Waals surface area contributed by atoms with E-state index >= 15 is 0 Å². The molecule has 4 rings (SSSR count). The van der Waals surface area contributed by atoms with Crippen molar-refractivity contribution in [3.8, 4) is 11.1 Å². The number of pyridine rings is 1. The molecule has 1 saturated heterocycles. The van der Waals surface area contributed by atoms with Crippen molar-refractivity contribution in [1.29, 1.82) is 0 Å². The number of halogens is 1. The molecule has 1 aliphatic rings. The lowest BCUT2D eigenvalue weighted by Crippen LogP contribution is -2.47. The Morgan fingerprint density at radius 3 is 2.78 bits per heavy atom. The molecule has 1 unspecified atom stereocenters. The van der Waals surface area contributed by atoms with Crippen LogP contribution in [0.25, 0.3) is 22.0 Å². The van der Waals surface area contributed by atoms with Gasteiger partial charge in [0, 0.05) is 67.7 Å². The van der Waals surface area contributed by atoms with Crippen LogP contribution in [0.2, 0.25) is 0 Å². The van der Waals surface area contributed by atoms with Gasteiger partial charge < -0.3 is 10.6 Å². The summed E-state index contributed by atoms with van der Waals surface area (Å²) in [5.74, 6) is 0.892. The molecule has 0 radical (unpaired) electrons. The topological polar surface area (TPSA) is 66.0 Å². The maximum atomic E-state index is 4.54. The Morgan fingerprint density at radius 2 is 2.00 bits per heavy atom. The van der Waals surface area contributed by atoms with E-state index in [1.165, 1.54) is 0 Å². The molecule has 1 fully saturated rings. The molecule has 0 spiro atoms. The van der Waals surface area contributed by atoms with Crippen molar-refractivity contribution in [2.45, 2.75) is 13.0 Å². The van der Waals surface area contributed by atoms with Gasteiger partial charge in [-0.05, 0) is 19.1 Å². The number of rotatable bonds is 5. The van der Waals surface area contributed by atoms with Gasteiger partial charge in [-0.2, -0.15) is 0 Å². The van der Waals surface area contributed by atoms with Gasteiger partial charge in [0.15, 0.2) is 0 Å². The first-order chi connectivity index (χ1) is 12.8. The standard InChI is InChI=1S/C20H24N6.ClH/c1-15(13-26-10-8-21-9-11-26)25-20-18-6-2-5-17(19(18)23-14-24-20)16-4-3-7-22-12-16;/h2-7,12,14-15,21H,8-11,13H2,1H3,(H,23,24,25);1H. The minimum Gasteiger partial charge on any atom is -0.366 e. The van der Waals surface area contributed by atoms with Crippen LogP contribution in [0.4, 0.5) is 5.82 Å². The molecule has 2 aromatic heterocycles. The summed E-state index contributed by atoms with van der Waals surface area (Å²) in [5.41, 5.74) is 3.10. The predicted octanol–water partition coefficient (Wildman–Crippen LogP) is 2.82. The smallest absolute Gasteiger partial charge is 0.137 e. The number of anilines is 1. The minimum absolute atomic E-state index is 0. The number of hydrogen-bond donors (Lipinski definition) is 2. The number of fused-ring (bicyclic) bond motifs is 1. The Kier molecular flexibility index (Phi) is 6.55. The van der Waals surface area contributed by atoms with Gasteiger partial charge >= 0.3 is 0 Å². The predicted molar refractivity (Wildman–Crippen MR) is 112 cm³/mol. The summed E-state index contributed by atoms with van der Waals surface area (Å²) in [6.45, 7) is 7.55. The number of hydrogen-bond acceptors (Lipinski definition) is 6. The molecule has 0 bridgehead atoms. The number of nitrogens with one attached hydrogen (secondary N) is 2. The Morgan fingerprint density at radius 1 is 1.15 bits per heavy atom. The molecular weight excluding hydrogens is 360 g/mol. The molecule has 142 valence electrons. The molecule has 1 aliphatic heterocycles. The highest BCUT2D eigenvalue weighted by Gasteiger charge is 2.15. The highest BCUT2D eigenvalue weighted by Crippen LogP contribution is 2.29. The van der Waals surface area contributed by atoms with E-state index in [0.717, 1.165) is 60.6 Å². The van der Waals surface area contributed by atoms with Crippen LogP contribution < -0.4 is 10.6 Å². The van der Waals surface area contributed by atoms with E-state index in [-0.39, 0.29) is 12.4 Å². The lowest BCUT2D eigenvalue weighted by molar-refractivity contribution is 0.235. The fourth-order valence-corrected chi connectivity index (χ4v) is 3.52. The van der Waals surface area contributed by atoms with Gasteiger partial charge in [-0.3, -0.25) is 9.88 Å². The lowest BCUT2D eigenvalue weighted by atomic mass is 10.0. The van der Waals surface area contributed by atoms with E-state index in [0.29, 0.717) is 6.04 Å². The average Bonchev–Trinajstić information content (AvgIpc) is 2.69. The van der Waals surface area contributed by atoms with Crippen molar-refractivity contribution in [2.24, 2.45) is 0 Å². The summed E-state index contributed by atoms with van der Waals surface area (Å²) in [4.78, 5) is 15.8. The monoisotopic (exact) mass is 384 g/mol. The highest BCUT2D eigenvalue weighted by atomic mass is 35.5. The van der Waals surface area contributed by atoms with E-state index in [2.05, 4.69) is 61.7 Å². The quantitative estimate of drug-likeness (QED) is 0.705. The van der Waals surface area contributed by atoms with Crippen molar-refractivity contribution in [3.05, 3.63) is 49.1 Å². The average molecular weight is 385 g/mol. The molecule has 1 aromatic carbocycles. The lowest BCUT2D eigenvalue weighted by Gasteiger charge is -2.30. The van der Waals surface area contributed by atoms with Crippen LogP contribution >= 0.6 is 12.4 Å². The molecule has 2 N–H and O–H groups in total. The fourth-order valence-electron chi connectivity index (χ4n) is 3.52. The Hall–Kier alpha value is -2.28. The number of para-hydroxylation sites is 1. The summed E-state index contributed by atoms with van der Waals surface area (Å²) in [6.07, 6.45) is 5.30. The molecule has 7 heteroatoms. The molecule has 0 aliphatic carbocycles. The fraction of sp³-hybridized carbons (Fsp3) is 0.350. The van der Waals surface area contributed by atoms with Crippen molar-refractivity contribution in [1.82, 2.24) is 25.2 Å². The van der Waals surface area contributed by atoms with Gasteiger partial charge in [0.05, 0.1) is 5.52 Å². The second-order valence-corrected chi connectivity index (χ2v) is 6.76. The SMILES string of the molecule is CC(CN1CCNCC1)Nc1ncnc2c(-c3cccnc3)cccc12.Cl. The molecule has 0 saturated carbocycles. The van der Waals surface area contributed by atoms with Crippen molar-refractivity contribution in [2.75, 3.05) is 38.0 Å². The molecule has 1 atom stereocenters. The van der Waals surface area contributed by atoms with Crippen LogP contribution in [0.1, 0.15) is 6.92 Å². The first-order valence-electron chi connectivity index (χ1n) is 9.15. The second kappa shape index (κ2) is 9.08. The molecule has 3 aromatic rings. The summed E-state index contributed by atoms with van der Waals surface area (Å²) in [6, 6.07) is 10.5. The minimum atomic E-state index is 0. The van der Waals surface area contributed by atoms with Crippen LogP contribution in [0, 0.1) is 0 Å². The van der Waals surface area contributed by atoms with Gasteiger partial charge in [-0.25, -0.2) is 9.97 Å². The van der Waals surface area contributed by atoms with Crippen molar-refractivity contribution in [3.63, 3.8) is 0 Å². The second-order valence-electron chi connectivity index (χ2n) is 6.76. The molecule has 6 nitrogen and oxygen atoms in total. The van der Waals surface area contributed by atoms with E-state index in [9.17, 15) is 0 Å². The number of nitrogens with zero attached hydrogens (tertiary/aromatic N) is 4. The number of benzene rings is 1. The van der Waals surface area contributed by atoms with Gasteiger partial charge in [0.1, 0.15) is 12.1 Å². The summed E-state index contributed by atoms with van der Waals surface area (Å²) in [7, 11) is 0.